The van der Waals surface area contributed by atoms with Gasteiger partial charge in [-0.1, -0.05) is 32.0 Å². The summed E-state index contributed by atoms with van der Waals surface area (Å²) >= 11 is 7.04. The number of aryl methyl sites for hydroxylation is 1. The lowest BCUT2D eigenvalue weighted by molar-refractivity contribution is -0.170. The highest BCUT2D eigenvalue weighted by atomic mass is 35.5. The van der Waals surface area contributed by atoms with Gasteiger partial charge in [0.2, 0.25) is 6.29 Å². The second kappa shape index (κ2) is 14.1. The van der Waals surface area contributed by atoms with Gasteiger partial charge in [-0.2, -0.15) is 23.1 Å². The molecule has 18 heteroatoms. The lowest BCUT2D eigenvalue weighted by atomic mass is 9.91. The number of carbonyl (C=O) groups excluding carboxylic acids is 2. The first-order valence-electron chi connectivity index (χ1n) is 19.1. The number of halogens is 6. The van der Waals surface area contributed by atoms with Crippen LogP contribution in [0.3, 0.4) is 0 Å². The molecule has 2 bridgehead atoms. The van der Waals surface area contributed by atoms with Gasteiger partial charge in [-0.25, -0.2) is 18.6 Å². The van der Waals surface area contributed by atoms with Gasteiger partial charge in [0.05, 0.1) is 56.8 Å². The Kier molecular flexibility index (Phi) is 9.73. The largest absolute Gasteiger partial charge is 0.461 e. The summed E-state index contributed by atoms with van der Waals surface area (Å²) < 4.78 is 93.3. The Labute approximate surface area is 330 Å². The molecule has 8 rings (SSSR count). The predicted octanol–water partition coefficient (Wildman–Crippen LogP) is 7.47. The quantitative estimate of drug-likeness (QED) is 0.145. The van der Waals surface area contributed by atoms with Gasteiger partial charge in [0.1, 0.15) is 29.9 Å². The van der Waals surface area contributed by atoms with E-state index in [2.05, 4.69) is 16.5 Å². The van der Waals surface area contributed by atoms with Crippen molar-refractivity contribution in [1.82, 2.24) is 24.8 Å². The van der Waals surface area contributed by atoms with Crippen molar-refractivity contribution in [2.75, 3.05) is 36.9 Å². The number of fused-ring (bicyclic) bond motifs is 6. The molecule has 2 N–H and O–H groups in total. The predicted molar refractivity (Wildman–Crippen MR) is 201 cm³/mol. The van der Waals surface area contributed by atoms with Gasteiger partial charge in [-0.15, -0.1) is 0 Å². The van der Waals surface area contributed by atoms with Crippen molar-refractivity contribution < 1.29 is 45.8 Å². The van der Waals surface area contributed by atoms with Gasteiger partial charge in [-0.05, 0) is 62.8 Å². The number of hydrogen-bond donors (Lipinski definition) is 1. The molecule has 57 heavy (non-hydrogen) atoms. The van der Waals surface area contributed by atoms with Crippen molar-refractivity contribution in [3.8, 4) is 17.3 Å². The zero-order chi connectivity index (χ0) is 40.9. The van der Waals surface area contributed by atoms with E-state index in [1.807, 2.05) is 9.80 Å². The molecule has 12 nitrogen and oxygen atoms in total. The van der Waals surface area contributed by atoms with Crippen molar-refractivity contribution in [2.45, 2.75) is 109 Å². The standard InChI is InChI=1S/C39H43ClF5N7O5/c1-17(2)35(53)56-20(5)57-37(54)52-22-7-8-23(52)24-11-18(3)26-27-33(31(42)28(30(26)40)32-29(39(43,44)45)19(4)12-25(46)47-32)48-36(49-34(27)51(24)15-22)55-16-38-9-6-10-50(38)14-21(41)13-38/h12,17,20-24H,3,6-11,13-16H2,1-2,4-5H3,(H2,46,47)/t20?,21-,22-,23+,24+,38+/m1/s1. The van der Waals surface area contributed by atoms with Crippen LogP contribution in [-0.2, 0) is 20.4 Å². The van der Waals surface area contributed by atoms with Crippen LogP contribution in [0, 0.1) is 18.7 Å². The van der Waals surface area contributed by atoms with Crippen molar-refractivity contribution in [1.29, 1.82) is 0 Å². The Hall–Kier alpha value is -4.51. The minimum Gasteiger partial charge on any atom is -0.461 e. The average Bonchev–Trinajstić information content (AvgIpc) is 3.73. The molecule has 4 fully saturated rings. The number of piperazine rings is 1. The summed E-state index contributed by atoms with van der Waals surface area (Å²) in [5.41, 5.74) is 2.48. The van der Waals surface area contributed by atoms with E-state index in [1.165, 1.54) is 13.8 Å². The van der Waals surface area contributed by atoms with Gasteiger partial charge in [0, 0.05) is 32.0 Å². The number of aromatic nitrogens is 3. The number of carbonyl (C=O) groups is 2. The maximum absolute atomic E-state index is 17.3. The van der Waals surface area contributed by atoms with Crippen LogP contribution in [0.4, 0.5) is 38.4 Å². The SMILES string of the molecule is C=C1C[C@H]2[C@@H]3CC[C@H](CN2c2nc(OC[C@@]45CCCN4C[C@H](F)C5)nc4c(F)c(-c5nc(N)cc(C)c5C(F)(F)F)c(Cl)c1c24)N3C(=O)OC(C)OC(=O)C(C)C. The number of nitrogens with zero attached hydrogens (tertiary/aromatic N) is 6. The van der Waals surface area contributed by atoms with E-state index < -0.39 is 82.9 Å². The molecular weight excluding hydrogens is 777 g/mol. The highest BCUT2D eigenvalue weighted by molar-refractivity contribution is 6.37. The first kappa shape index (κ1) is 39.3. The van der Waals surface area contributed by atoms with E-state index in [0.717, 1.165) is 12.5 Å². The van der Waals surface area contributed by atoms with Crippen molar-refractivity contribution >= 4 is 51.8 Å². The fourth-order valence-electron chi connectivity index (χ4n) is 9.66. The number of hydrogen-bond acceptors (Lipinski definition) is 11. The number of benzene rings is 1. The van der Waals surface area contributed by atoms with Gasteiger partial charge in [-0.3, -0.25) is 14.6 Å². The van der Waals surface area contributed by atoms with Crippen LogP contribution < -0.4 is 15.4 Å². The van der Waals surface area contributed by atoms with E-state index in [9.17, 15) is 27.2 Å². The van der Waals surface area contributed by atoms with Crippen LogP contribution in [0.25, 0.3) is 27.7 Å². The Morgan fingerprint density at radius 3 is 2.58 bits per heavy atom. The van der Waals surface area contributed by atoms with Crippen LogP contribution in [0.1, 0.15) is 76.0 Å². The lowest BCUT2D eigenvalue weighted by Crippen LogP contribution is -2.61. The van der Waals surface area contributed by atoms with E-state index in [4.69, 9.17) is 36.5 Å². The number of amides is 1. The van der Waals surface area contributed by atoms with Gasteiger partial charge in [0.15, 0.2) is 5.82 Å². The molecule has 1 amide bonds. The van der Waals surface area contributed by atoms with Gasteiger partial charge >= 0.3 is 24.2 Å². The summed E-state index contributed by atoms with van der Waals surface area (Å²) in [5.74, 6) is -2.23. The summed E-state index contributed by atoms with van der Waals surface area (Å²) in [6.07, 6.45) is -4.85. The topological polar surface area (TPSA) is 136 Å². The minimum absolute atomic E-state index is 0.00204. The first-order chi connectivity index (χ1) is 26.9. The molecule has 306 valence electrons. The third kappa shape index (κ3) is 6.58. The maximum Gasteiger partial charge on any atom is 0.418 e. The third-order valence-corrected chi connectivity index (χ3v) is 12.5. The number of pyridine rings is 1. The number of alkyl halides is 4. The molecule has 5 aliphatic heterocycles. The first-order valence-corrected chi connectivity index (χ1v) is 19.5. The number of ether oxygens (including phenoxy) is 3. The highest BCUT2D eigenvalue weighted by Crippen LogP contribution is 2.52. The van der Waals surface area contributed by atoms with E-state index >= 15 is 4.39 Å². The minimum atomic E-state index is -4.97. The monoisotopic (exact) mass is 819 g/mol. The maximum atomic E-state index is 17.3. The molecule has 0 aliphatic carbocycles. The Morgan fingerprint density at radius 2 is 1.86 bits per heavy atom. The van der Waals surface area contributed by atoms with Crippen molar-refractivity contribution in [3.05, 3.63) is 40.2 Å². The molecular formula is C39H43ClF5N7O5. The van der Waals surface area contributed by atoms with Crippen LogP contribution in [0.5, 0.6) is 6.01 Å². The summed E-state index contributed by atoms with van der Waals surface area (Å²) in [6, 6.07) is -0.644. The molecule has 2 aromatic heterocycles. The van der Waals surface area contributed by atoms with Crippen LogP contribution in [0.15, 0.2) is 12.6 Å². The second-order valence-corrected chi connectivity index (χ2v) is 16.5. The Morgan fingerprint density at radius 1 is 1.11 bits per heavy atom. The lowest BCUT2D eigenvalue weighted by Gasteiger charge is -2.46. The van der Waals surface area contributed by atoms with Crippen LogP contribution >= 0.6 is 11.6 Å². The molecule has 0 spiro atoms. The molecule has 5 aliphatic rings. The number of esters is 1. The fourth-order valence-corrected chi connectivity index (χ4v) is 10.1. The number of anilines is 2. The summed E-state index contributed by atoms with van der Waals surface area (Å²) in [6.45, 7) is 11.4. The third-order valence-electron chi connectivity index (χ3n) is 12.1. The zero-order valence-electron chi connectivity index (χ0n) is 31.9. The summed E-state index contributed by atoms with van der Waals surface area (Å²) in [5, 5.41) is -0.265. The van der Waals surface area contributed by atoms with E-state index in [0.29, 0.717) is 31.4 Å². The molecule has 4 saturated heterocycles. The normalized spacial score (nSPS) is 26.1. The van der Waals surface area contributed by atoms with Crippen LogP contribution in [-0.4, -0.2) is 99.2 Å². The second-order valence-electron chi connectivity index (χ2n) is 16.2. The molecule has 1 unspecified atom stereocenters. The summed E-state index contributed by atoms with van der Waals surface area (Å²) in [4.78, 5) is 44.9. The van der Waals surface area contributed by atoms with Gasteiger partial charge in [0.25, 0.3) is 0 Å². The van der Waals surface area contributed by atoms with E-state index in [1.54, 1.807) is 18.7 Å². The highest BCUT2D eigenvalue weighted by Gasteiger charge is 2.53. The van der Waals surface area contributed by atoms with Crippen molar-refractivity contribution in [3.63, 3.8) is 0 Å². The number of nitrogen functional groups attached to an aromatic ring is 1. The molecule has 7 heterocycles. The molecule has 3 aromatic rings. The van der Waals surface area contributed by atoms with E-state index in [-0.39, 0.29) is 77.2 Å². The molecule has 6 atom stereocenters. The smallest absolute Gasteiger partial charge is 0.418 e. The average molecular weight is 820 g/mol. The molecule has 0 radical (unpaired) electrons. The molecule has 1 aromatic carbocycles. The van der Waals surface area contributed by atoms with Crippen molar-refractivity contribution in [2.24, 2.45) is 5.92 Å². The Bertz CT molecular complexity index is 2190. The van der Waals surface area contributed by atoms with Gasteiger partial charge < -0.3 is 24.8 Å². The fraction of sp³-hybridized carbons (Fsp3) is 0.564. The zero-order valence-corrected chi connectivity index (χ0v) is 32.6. The number of rotatable bonds is 7. The molecule has 0 saturated carbocycles. The summed E-state index contributed by atoms with van der Waals surface area (Å²) in [7, 11) is 0. The Balaban J connectivity index is 1.26. The van der Waals surface area contributed by atoms with Crippen LogP contribution in [0.2, 0.25) is 5.02 Å². The number of nitrogens with two attached hydrogens (primary N) is 1.